The third-order valence-corrected chi connectivity index (χ3v) is 4.55. The smallest absolute Gasteiger partial charge is 0.314 e. The number of urea groups is 1. The molecule has 5 nitrogen and oxygen atoms in total. The van der Waals surface area contributed by atoms with Crippen molar-refractivity contribution in [3.05, 3.63) is 35.8 Å². The number of benzene rings is 1. The van der Waals surface area contributed by atoms with Gasteiger partial charge in [-0.3, -0.25) is 0 Å². The van der Waals surface area contributed by atoms with E-state index in [9.17, 15) is 9.18 Å². The molecule has 2 atom stereocenters. The lowest BCUT2D eigenvalue weighted by atomic mass is 9.96. The summed E-state index contributed by atoms with van der Waals surface area (Å²) in [7, 11) is 0. The molecule has 1 fully saturated rings. The monoisotopic (exact) mass is 333 g/mol. The molecule has 0 saturated carbocycles. The van der Waals surface area contributed by atoms with Gasteiger partial charge in [0.15, 0.2) is 0 Å². The van der Waals surface area contributed by atoms with Crippen LogP contribution in [0.2, 0.25) is 0 Å². The maximum absolute atomic E-state index is 13.3. The van der Waals surface area contributed by atoms with Crippen LogP contribution in [0.1, 0.15) is 25.3 Å². The Morgan fingerprint density at radius 3 is 3.12 bits per heavy atom. The zero-order valence-corrected chi connectivity index (χ0v) is 13.9. The Morgan fingerprint density at radius 2 is 2.29 bits per heavy atom. The molecule has 0 aliphatic carbocycles. The molecule has 2 heterocycles. The number of aromatic amines is 1. The van der Waals surface area contributed by atoms with Gasteiger partial charge in [0.1, 0.15) is 5.82 Å². The summed E-state index contributed by atoms with van der Waals surface area (Å²) in [5.74, 6) is 0.232. The van der Waals surface area contributed by atoms with Gasteiger partial charge in [-0.15, -0.1) is 0 Å². The highest BCUT2D eigenvalue weighted by Gasteiger charge is 2.19. The number of nitrogens with one attached hydrogen (secondary N) is 3. The molecule has 1 aromatic heterocycles. The lowest BCUT2D eigenvalue weighted by Crippen LogP contribution is -2.40. The topological polar surface area (TPSA) is 66.2 Å². The Balaban J connectivity index is 1.42. The number of carbonyl (C=O) groups excluding carboxylic acids is 1. The quantitative estimate of drug-likeness (QED) is 0.787. The molecule has 3 N–H and O–H groups in total. The van der Waals surface area contributed by atoms with Gasteiger partial charge in [-0.1, -0.05) is 0 Å². The van der Waals surface area contributed by atoms with Crippen molar-refractivity contribution in [1.82, 2.24) is 15.6 Å². The summed E-state index contributed by atoms with van der Waals surface area (Å²) >= 11 is 0. The molecule has 3 rings (SSSR count). The first-order valence-electron chi connectivity index (χ1n) is 8.50. The van der Waals surface area contributed by atoms with Crippen molar-refractivity contribution in [3.8, 4) is 0 Å². The number of carbonyl (C=O) groups is 1. The largest absolute Gasteiger partial charge is 0.378 e. The molecular formula is C18H24FN3O2. The van der Waals surface area contributed by atoms with Crippen LogP contribution < -0.4 is 10.6 Å². The number of amides is 2. The van der Waals surface area contributed by atoms with Crippen molar-refractivity contribution in [1.29, 1.82) is 0 Å². The van der Waals surface area contributed by atoms with Gasteiger partial charge in [-0.25, -0.2) is 9.18 Å². The third-order valence-electron chi connectivity index (χ3n) is 4.55. The highest BCUT2D eigenvalue weighted by Crippen LogP contribution is 2.20. The number of ether oxygens (including phenoxy) is 1. The van der Waals surface area contributed by atoms with Gasteiger partial charge in [0, 0.05) is 36.8 Å². The second-order valence-corrected chi connectivity index (χ2v) is 6.46. The van der Waals surface area contributed by atoms with Crippen LogP contribution in [0, 0.1) is 11.7 Å². The second kappa shape index (κ2) is 7.66. The summed E-state index contributed by atoms with van der Waals surface area (Å²) in [5, 5.41) is 6.66. The molecular weight excluding hydrogens is 309 g/mol. The fourth-order valence-electron chi connectivity index (χ4n) is 3.24. The molecule has 0 bridgehead atoms. The molecule has 1 saturated heterocycles. The lowest BCUT2D eigenvalue weighted by molar-refractivity contribution is 0.00346. The van der Waals surface area contributed by atoms with Gasteiger partial charge in [0.25, 0.3) is 0 Å². The van der Waals surface area contributed by atoms with E-state index in [0.29, 0.717) is 25.4 Å². The number of hydrogen-bond acceptors (Lipinski definition) is 2. The van der Waals surface area contributed by atoms with Crippen LogP contribution in [-0.4, -0.2) is 36.8 Å². The Kier molecular flexibility index (Phi) is 5.35. The Labute approximate surface area is 141 Å². The van der Waals surface area contributed by atoms with Crippen molar-refractivity contribution in [2.24, 2.45) is 5.92 Å². The lowest BCUT2D eigenvalue weighted by Gasteiger charge is -2.27. The molecule has 1 aromatic carbocycles. The SMILES string of the molecule is CC1CC(CNC(=O)NCCc2c[nH]c3ccc(F)cc23)CCO1. The molecule has 24 heavy (non-hydrogen) atoms. The first-order chi connectivity index (χ1) is 11.6. The Hall–Kier alpha value is -2.08. The fraction of sp³-hybridized carbons (Fsp3) is 0.500. The fourth-order valence-corrected chi connectivity index (χ4v) is 3.24. The van der Waals surface area contributed by atoms with Crippen molar-refractivity contribution in [2.45, 2.75) is 32.3 Å². The summed E-state index contributed by atoms with van der Waals surface area (Å²) in [6.45, 7) is 4.03. The first kappa shape index (κ1) is 16.8. The Morgan fingerprint density at radius 1 is 1.42 bits per heavy atom. The van der Waals surface area contributed by atoms with Crippen molar-refractivity contribution >= 4 is 16.9 Å². The van der Waals surface area contributed by atoms with Gasteiger partial charge in [0.05, 0.1) is 6.10 Å². The van der Waals surface area contributed by atoms with E-state index in [4.69, 9.17) is 4.74 Å². The summed E-state index contributed by atoms with van der Waals surface area (Å²) in [6.07, 6.45) is 4.78. The number of halogens is 1. The first-order valence-corrected chi connectivity index (χ1v) is 8.50. The standard InChI is InChI=1S/C18H24FN3O2/c1-12-8-13(5-7-24-12)10-22-18(23)20-6-4-14-11-21-17-3-2-15(19)9-16(14)17/h2-3,9,11-13,21H,4-8,10H2,1H3,(H2,20,22,23). The molecule has 0 spiro atoms. The second-order valence-electron chi connectivity index (χ2n) is 6.46. The zero-order chi connectivity index (χ0) is 16.9. The van der Waals surface area contributed by atoms with E-state index in [-0.39, 0.29) is 18.0 Å². The van der Waals surface area contributed by atoms with E-state index in [0.717, 1.165) is 35.9 Å². The maximum Gasteiger partial charge on any atom is 0.314 e. The highest BCUT2D eigenvalue weighted by molar-refractivity contribution is 5.83. The third kappa shape index (κ3) is 4.26. The maximum atomic E-state index is 13.3. The van der Waals surface area contributed by atoms with Crippen molar-refractivity contribution < 1.29 is 13.9 Å². The van der Waals surface area contributed by atoms with Crippen molar-refractivity contribution in [2.75, 3.05) is 19.7 Å². The zero-order valence-electron chi connectivity index (χ0n) is 13.9. The predicted molar refractivity (Wildman–Crippen MR) is 91.5 cm³/mol. The van der Waals surface area contributed by atoms with E-state index in [1.807, 2.05) is 6.20 Å². The summed E-state index contributed by atoms with van der Waals surface area (Å²) in [4.78, 5) is 15.0. The van der Waals surface area contributed by atoms with Crippen LogP contribution in [0.15, 0.2) is 24.4 Å². The number of hydrogen-bond donors (Lipinski definition) is 3. The molecule has 2 aromatic rings. The van der Waals surface area contributed by atoms with Crippen LogP contribution in [0.3, 0.4) is 0 Å². The average molecular weight is 333 g/mol. The molecule has 1 aliphatic rings. The predicted octanol–water partition coefficient (Wildman–Crippen LogP) is 2.96. The van der Waals surface area contributed by atoms with Gasteiger partial charge in [-0.2, -0.15) is 0 Å². The van der Waals surface area contributed by atoms with Crippen LogP contribution in [0.25, 0.3) is 10.9 Å². The van der Waals surface area contributed by atoms with Crippen LogP contribution in [-0.2, 0) is 11.2 Å². The van der Waals surface area contributed by atoms with Crippen LogP contribution in [0.5, 0.6) is 0 Å². The van der Waals surface area contributed by atoms with E-state index in [1.165, 1.54) is 12.1 Å². The molecule has 0 radical (unpaired) electrons. The number of fused-ring (bicyclic) bond motifs is 1. The van der Waals surface area contributed by atoms with Gasteiger partial charge in [-0.05, 0) is 55.9 Å². The molecule has 2 amide bonds. The normalized spacial score (nSPS) is 20.9. The number of aromatic nitrogens is 1. The number of H-pyrrole nitrogens is 1. The van der Waals surface area contributed by atoms with E-state index < -0.39 is 0 Å². The summed E-state index contributed by atoms with van der Waals surface area (Å²) in [5.41, 5.74) is 1.91. The van der Waals surface area contributed by atoms with E-state index in [2.05, 4.69) is 22.5 Å². The van der Waals surface area contributed by atoms with Crippen LogP contribution in [0.4, 0.5) is 9.18 Å². The van der Waals surface area contributed by atoms with Crippen molar-refractivity contribution in [3.63, 3.8) is 0 Å². The minimum absolute atomic E-state index is 0.153. The summed E-state index contributed by atoms with van der Waals surface area (Å²) in [6, 6.07) is 4.53. The molecule has 1 aliphatic heterocycles. The summed E-state index contributed by atoms with van der Waals surface area (Å²) < 4.78 is 18.9. The van der Waals surface area contributed by atoms with Gasteiger partial charge in [0.2, 0.25) is 0 Å². The number of rotatable bonds is 5. The molecule has 2 unspecified atom stereocenters. The van der Waals surface area contributed by atoms with Gasteiger partial charge < -0.3 is 20.4 Å². The highest BCUT2D eigenvalue weighted by atomic mass is 19.1. The van der Waals surface area contributed by atoms with E-state index >= 15 is 0 Å². The minimum Gasteiger partial charge on any atom is -0.378 e. The molecule has 130 valence electrons. The molecule has 6 heteroatoms. The van der Waals surface area contributed by atoms with E-state index in [1.54, 1.807) is 6.07 Å². The Bertz CT molecular complexity index is 701. The average Bonchev–Trinajstić information content (AvgIpc) is 2.95. The minimum atomic E-state index is -0.250. The van der Waals surface area contributed by atoms with Crippen LogP contribution >= 0.6 is 0 Å². The van der Waals surface area contributed by atoms with Gasteiger partial charge >= 0.3 is 6.03 Å².